The lowest BCUT2D eigenvalue weighted by Crippen LogP contribution is -2.23. The summed E-state index contributed by atoms with van der Waals surface area (Å²) in [6.07, 6.45) is 0. The van der Waals surface area contributed by atoms with Gasteiger partial charge in [0.05, 0.1) is 16.3 Å². The van der Waals surface area contributed by atoms with Gasteiger partial charge in [-0.05, 0) is 42.5 Å². The highest BCUT2D eigenvalue weighted by atomic mass is 35.5. The van der Waals surface area contributed by atoms with Gasteiger partial charge in [-0.15, -0.1) is 0 Å². The zero-order chi connectivity index (χ0) is 21.1. The second-order valence-corrected chi connectivity index (χ2v) is 7.82. The standard InChI is InChI=1S/C20H18Cl3N3O3/c1-11(2)24-10-15-18(20(27)28)25-26(17-8-5-13(22)9-16(17)23)19(15)29-14-6-3-12(21)4-7-14/h3-9,11,24H,10H2,1-2H3,(H,27,28). The molecule has 29 heavy (non-hydrogen) atoms. The predicted octanol–water partition coefficient (Wildman–Crippen LogP) is 5.82. The lowest BCUT2D eigenvalue weighted by Gasteiger charge is -2.14. The first kappa shape index (κ1) is 21.5. The number of carboxylic acids is 1. The van der Waals surface area contributed by atoms with Gasteiger partial charge >= 0.3 is 5.97 Å². The molecule has 1 aromatic heterocycles. The van der Waals surface area contributed by atoms with E-state index >= 15 is 0 Å². The maximum atomic E-state index is 11.9. The van der Waals surface area contributed by atoms with Crippen LogP contribution in [0, 0.1) is 0 Å². The average Bonchev–Trinajstić information content (AvgIpc) is 3.00. The molecular weight excluding hydrogens is 437 g/mol. The van der Waals surface area contributed by atoms with Crippen molar-refractivity contribution in [2.45, 2.75) is 26.4 Å². The lowest BCUT2D eigenvalue weighted by molar-refractivity contribution is 0.0688. The molecule has 152 valence electrons. The molecule has 0 radical (unpaired) electrons. The fourth-order valence-corrected chi connectivity index (χ4v) is 3.22. The third kappa shape index (κ3) is 5.03. The summed E-state index contributed by atoms with van der Waals surface area (Å²) < 4.78 is 7.41. The van der Waals surface area contributed by atoms with Crippen LogP contribution in [-0.2, 0) is 6.54 Å². The van der Waals surface area contributed by atoms with Crippen LogP contribution in [0.5, 0.6) is 11.6 Å². The van der Waals surface area contributed by atoms with Gasteiger partial charge in [0.25, 0.3) is 0 Å². The van der Waals surface area contributed by atoms with Crippen molar-refractivity contribution in [2.24, 2.45) is 0 Å². The molecule has 0 unspecified atom stereocenters. The Morgan fingerprint density at radius 1 is 1.14 bits per heavy atom. The highest BCUT2D eigenvalue weighted by molar-refractivity contribution is 6.35. The molecule has 0 aliphatic heterocycles. The third-order valence-corrected chi connectivity index (χ3v) is 4.78. The van der Waals surface area contributed by atoms with E-state index < -0.39 is 5.97 Å². The van der Waals surface area contributed by atoms with Crippen molar-refractivity contribution in [3.63, 3.8) is 0 Å². The summed E-state index contributed by atoms with van der Waals surface area (Å²) in [6.45, 7) is 4.16. The lowest BCUT2D eigenvalue weighted by atomic mass is 10.2. The molecule has 0 aliphatic rings. The smallest absolute Gasteiger partial charge is 0.356 e. The molecule has 0 saturated carbocycles. The molecule has 0 bridgehead atoms. The molecule has 9 heteroatoms. The van der Waals surface area contributed by atoms with Crippen molar-refractivity contribution >= 4 is 40.8 Å². The number of hydrogen-bond donors (Lipinski definition) is 2. The molecule has 0 fully saturated rings. The first-order valence-electron chi connectivity index (χ1n) is 8.73. The fraction of sp³-hybridized carbons (Fsp3) is 0.200. The Labute approximate surface area is 183 Å². The molecule has 0 aliphatic carbocycles. The zero-order valence-electron chi connectivity index (χ0n) is 15.6. The minimum Gasteiger partial charge on any atom is -0.476 e. The molecule has 3 aromatic rings. The molecule has 0 spiro atoms. The van der Waals surface area contributed by atoms with Gasteiger partial charge in [-0.3, -0.25) is 0 Å². The van der Waals surface area contributed by atoms with Crippen LogP contribution in [0.3, 0.4) is 0 Å². The van der Waals surface area contributed by atoms with Crippen molar-refractivity contribution in [3.8, 4) is 17.3 Å². The fourth-order valence-electron chi connectivity index (χ4n) is 2.61. The predicted molar refractivity (Wildman–Crippen MR) is 114 cm³/mol. The van der Waals surface area contributed by atoms with E-state index in [1.165, 1.54) is 4.68 Å². The number of halogens is 3. The number of carboxylic acid groups (broad SMARTS) is 1. The van der Waals surface area contributed by atoms with Crippen molar-refractivity contribution in [1.82, 2.24) is 15.1 Å². The number of benzene rings is 2. The highest BCUT2D eigenvalue weighted by Crippen LogP contribution is 2.34. The van der Waals surface area contributed by atoms with Crippen LogP contribution in [0.1, 0.15) is 29.9 Å². The minimum absolute atomic E-state index is 0.127. The van der Waals surface area contributed by atoms with Crippen molar-refractivity contribution in [3.05, 3.63) is 68.8 Å². The Balaban J connectivity index is 2.18. The highest BCUT2D eigenvalue weighted by Gasteiger charge is 2.26. The zero-order valence-corrected chi connectivity index (χ0v) is 17.9. The van der Waals surface area contributed by atoms with Gasteiger partial charge in [0.1, 0.15) is 5.75 Å². The minimum atomic E-state index is -1.17. The first-order chi connectivity index (χ1) is 13.8. The number of nitrogens with one attached hydrogen (secondary N) is 1. The number of carbonyl (C=O) groups is 1. The molecule has 0 saturated heterocycles. The SMILES string of the molecule is CC(C)NCc1c(C(=O)O)nn(-c2ccc(Cl)cc2Cl)c1Oc1ccc(Cl)cc1. The molecular formula is C20H18Cl3N3O3. The van der Waals surface area contributed by atoms with E-state index in [4.69, 9.17) is 39.5 Å². The van der Waals surface area contributed by atoms with E-state index in [-0.39, 0.29) is 24.2 Å². The number of ether oxygens (including phenoxy) is 1. The van der Waals surface area contributed by atoms with Gasteiger partial charge in [0, 0.05) is 22.6 Å². The Hall–Kier alpha value is -2.25. The molecule has 0 amide bonds. The summed E-state index contributed by atoms with van der Waals surface area (Å²) in [7, 11) is 0. The van der Waals surface area contributed by atoms with Gasteiger partial charge < -0.3 is 15.2 Å². The maximum Gasteiger partial charge on any atom is 0.356 e. The van der Waals surface area contributed by atoms with E-state index in [1.807, 2.05) is 13.8 Å². The summed E-state index contributed by atoms with van der Waals surface area (Å²) in [4.78, 5) is 11.9. The first-order valence-corrected chi connectivity index (χ1v) is 9.87. The van der Waals surface area contributed by atoms with Gasteiger partial charge in [-0.25, -0.2) is 4.79 Å². The quantitative estimate of drug-likeness (QED) is 0.470. The van der Waals surface area contributed by atoms with E-state index in [0.717, 1.165) is 0 Å². The number of aromatic nitrogens is 2. The Bertz CT molecular complexity index is 1030. The Morgan fingerprint density at radius 2 is 1.79 bits per heavy atom. The summed E-state index contributed by atoms with van der Waals surface area (Å²) in [6, 6.07) is 11.7. The molecule has 0 atom stereocenters. The molecule has 3 rings (SSSR count). The van der Waals surface area contributed by atoms with Crippen LogP contribution >= 0.6 is 34.8 Å². The normalized spacial score (nSPS) is 11.1. The van der Waals surface area contributed by atoms with Crippen molar-refractivity contribution in [1.29, 1.82) is 0 Å². The average molecular weight is 455 g/mol. The molecule has 1 heterocycles. The summed E-state index contributed by atoms with van der Waals surface area (Å²) in [5.41, 5.74) is 0.707. The van der Waals surface area contributed by atoms with Crippen LogP contribution < -0.4 is 10.1 Å². The number of rotatable bonds is 7. The van der Waals surface area contributed by atoms with Gasteiger partial charge in [0.2, 0.25) is 5.88 Å². The van der Waals surface area contributed by atoms with Crippen LogP contribution in [-0.4, -0.2) is 26.9 Å². The topological polar surface area (TPSA) is 76.4 Å². The van der Waals surface area contributed by atoms with E-state index in [9.17, 15) is 9.90 Å². The van der Waals surface area contributed by atoms with E-state index in [2.05, 4.69) is 10.4 Å². The molecule has 2 aromatic carbocycles. The van der Waals surface area contributed by atoms with Crippen molar-refractivity contribution in [2.75, 3.05) is 0 Å². The number of aromatic carboxylic acids is 1. The second-order valence-electron chi connectivity index (χ2n) is 6.54. The Kier molecular flexibility index (Phi) is 6.70. The molecule has 2 N–H and O–H groups in total. The number of hydrogen-bond acceptors (Lipinski definition) is 4. The second kappa shape index (κ2) is 9.05. The summed E-state index contributed by atoms with van der Waals surface area (Å²) in [5.74, 6) is -0.458. The monoisotopic (exact) mass is 453 g/mol. The third-order valence-electron chi connectivity index (χ3n) is 3.99. The van der Waals surface area contributed by atoms with Gasteiger partial charge in [0.15, 0.2) is 5.69 Å². The molecule has 6 nitrogen and oxygen atoms in total. The summed E-state index contributed by atoms with van der Waals surface area (Å²) in [5, 5.41) is 18.5. The van der Waals surface area contributed by atoms with E-state index in [1.54, 1.807) is 42.5 Å². The van der Waals surface area contributed by atoms with Crippen molar-refractivity contribution < 1.29 is 14.6 Å². The Morgan fingerprint density at radius 3 is 2.38 bits per heavy atom. The summed E-state index contributed by atoms with van der Waals surface area (Å²) >= 11 is 18.3. The number of nitrogens with zero attached hydrogens (tertiary/aromatic N) is 2. The van der Waals surface area contributed by atoms with Crippen LogP contribution in [0.15, 0.2) is 42.5 Å². The largest absolute Gasteiger partial charge is 0.476 e. The van der Waals surface area contributed by atoms with E-state index in [0.29, 0.717) is 32.1 Å². The maximum absolute atomic E-state index is 11.9. The van der Waals surface area contributed by atoms with Gasteiger partial charge in [-0.1, -0.05) is 48.7 Å². The van der Waals surface area contributed by atoms with Gasteiger partial charge in [-0.2, -0.15) is 9.78 Å². The van der Waals surface area contributed by atoms with Crippen LogP contribution in [0.2, 0.25) is 15.1 Å². The van der Waals surface area contributed by atoms with Crippen LogP contribution in [0.25, 0.3) is 5.69 Å². The van der Waals surface area contributed by atoms with Crippen LogP contribution in [0.4, 0.5) is 0 Å².